The van der Waals surface area contributed by atoms with Crippen molar-refractivity contribution in [2.45, 2.75) is 20.0 Å². The van der Waals surface area contributed by atoms with E-state index in [1.807, 2.05) is 77.2 Å². The zero-order valence-corrected chi connectivity index (χ0v) is 17.4. The molecule has 2 aromatic carbocycles. The van der Waals surface area contributed by atoms with Crippen LogP contribution < -0.4 is 4.74 Å². The zero-order chi connectivity index (χ0) is 21.8. The Hall–Kier alpha value is -4.12. The summed E-state index contributed by atoms with van der Waals surface area (Å²) in [5, 5.41) is 0. The predicted molar refractivity (Wildman–Crippen MR) is 121 cm³/mol. The first kappa shape index (κ1) is 18.6. The number of esters is 2. The minimum Gasteiger partial charge on any atom is -0.489 e. The lowest BCUT2D eigenvalue weighted by molar-refractivity contribution is 0.0444. The van der Waals surface area contributed by atoms with E-state index in [-0.39, 0.29) is 0 Å². The monoisotopic (exact) mass is 421 g/mol. The fraction of sp³-hybridized carbons (Fsp3) is 0.111. The molecule has 0 saturated heterocycles. The second-order valence-corrected chi connectivity index (χ2v) is 7.91. The first-order valence-electron chi connectivity index (χ1n) is 10.6. The molecule has 1 aliphatic heterocycles. The smallest absolute Gasteiger partial charge is 0.349 e. The summed E-state index contributed by atoms with van der Waals surface area (Å²) in [7, 11) is 0. The van der Waals surface area contributed by atoms with E-state index in [1.165, 1.54) is 0 Å². The summed E-state index contributed by atoms with van der Waals surface area (Å²) in [4.78, 5) is 25.0. The van der Waals surface area contributed by atoms with Gasteiger partial charge in [0.2, 0.25) is 0 Å². The molecule has 0 atom stereocenters. The number of aryl methyl sites for hydroxylation is 1. The molecule has 4 heterocycles. The molecule has 0 radical (unpaired) electrons. The first-order valence-corrected chi connectivity index (χ1v) is 10.6. The molecule has 3 aromatic heterocycles. The summed E-state index contributed by atoms with van der Waals surface area (Å²) >= 11 is 0. The maximum Gasteiger partial charge on any atom is 0.349 e. The van der Waals surface area contributed by atoms with Crippen LogP contribution in [0.2, 0.25) is 0 Å². The van der Waals surface area contributed by atoms with Crippen LogP contribution in [0.3, 0.4) is 0 Å². The Labute approximate surface area is 184 Å². The SMILES string of the molecule is CCc1c(-c2ccc(OCc3ccccc3)cc2)c2c3c(c4cccc1n42)C(=O)OC3=O. The van der Waals surface area contributed by atoms with E-state index < -0.39 is 11.9 Å². The van der Waals surface area contributed by atoms with Crippen molar-refractivity contribution in [3.8, 4) is 16.9 Å². The van der Waals surface area contributed by atoms with Crippen LogP contribution in [-0.2, 0) is 17.8 Å². The van der Waals surface area contributed by atoms with Gasteiger partial charge >= 0.3 is 11.9 Å². The van der Waals surface area contributed by atoms with Gasteiger partial charge in [0.15, 0.2) is 0 Å². The maximum absolute atomic E-state index is 12.6. The van der Waals surface area contributed by atoms with Crippen molar-refractivity contribution in [1.82, 2.24) is 4.40 Å². The molecular weight excluding hydrogens is 402 g/mol. The zero-order valence-electron chi connectivity index (χ0n) is 17.4. The lowest BCUT2D eigenvalue weighted by atomic mass is 9.97. The van der Waals surface area contributed by atoms with Crippen molar-refractivity contribution in [3.05, 3.63) is 95.1 Å². The Morgan fingerprint density at radius 2 is 1.50 bits per heavy atom. The van der Waals surface area contributed by atoms with Crippen molar-refractivity contribution in [1.29, 1.82) is 0 Å². The average molecular weight is 421 g/mol. The fourth-order valence-corrected chi connectivity index (χ4v) is 4.77. The van der Waals surface area contributed by atoms with E-state index in [2.05, 4.69) is 6.92 Å². The topological polar surface area (TPSA) is 57.0 Å². The van der Waals surface area contributed by atoms with Crippen molar-refractivity contribution in [3.63, 3.8) is 0 Å². The Morgan fingerprint density at radius 3 is 2.25 bits per heavy atom. The van der Waals surface area contributed by atoms with Gasteiger partial charge in [0.1, 0.15) is 23.5 Å². The van der Waals surface area contributed by atoms with Gasteiger partial charge in [0.05, 0.1) is 16.6 Å². The van der Waals surface area contributed by atoms with Crippen molar-refractivity contribution < 1.29 is 19.1 Å². The van der Waals surface area contributed by atoms with Gasteiger partial charge in [-0.25, -0.2) is 9.59 Å². The van der Waals surface area contributed by atoms with E-state index in [9.17, 15) is 9.59 Å². The lowest BCUT2D eigenvalue weighted by Crippen LogP contribution is -2.00. The van der Waals surface area contributed by atoms with Crippen LogP contribution in [0, 0.1) is 0 Å². The molecule has 156 valence electrons. The van der Waals surface area contributed by atoms with E-state index in [0.29, 0.717) is 23.3 Å². The molecule has 1 aliphatic rings. The fourth-order valence-electron chi connectivity index (χ4n) is 4.77. The molecule has 0 unspecified atom stereocenters. The molecular formula is C27H19NO4. The molecule has 0 N–H and O–H groups in total. The van der Waals surface area contributed by atoms with Gasteiger partial charge in [-0.15, -0.1) is 0 Å². The van der Waals surface area contributed by atoms with Crippen LogP contribution in [0.4, 0.5) is 0 Å². The molecule has 32 heavy (non-hydrogen) atoms. The Morgan fingerprint density at radius 1 is 0.781 bits per heavy atom. The van der Waals surface area contributed by atoms with Crippen LogP contribution in [0.25, 0.3) is 27.7 Å². The number of aromatic nitrogens is 1. The Balaban J connectivity index is 1.48. The number of hydrogen-bond acceptors (Lipinski definition) is 4. The molecule has 5 heteroatoms. The van der Waals surface area contributed by atoms with Gasteiger partial charge in [0.25, 0.3) is 0 Å². The first-order chi connectivity index (χ1) is 15.7. The highest BCUT2D eigenvalue weighted by molar-refractivity contribution is 6.25. The number of ether oxygens (including phenoxy) is 2. The summed E-state index contributed by atoms with van der Waals surface area (Å²) in [6.45, 7) is 2.59. The summed E-state index contributed by atoms with van der Waals surface area (Å²) < 4.78 is 12.9. The molecule has 5 nitrogen and oxygen atoms in total. The molecule has 0 saturated carbocycles. The summed E-state index contributed by atoms with van der Waals surface area (Å²) in [5.41, 5.74) is 7.38. The molecule has 0 fully saturated rings. The maximum atomic E-state index is 12.6. The van der Waals surface area contributed by atoms with Gasteiger partial charge < -0.3 is 13.9 Å². The molecule has 5 aromatic rings. The highest BCUT2D eigenvalue weighted by Gasteiger charge is 2.39. The van der Waals surface area contributed by atoms with Gasteiger partial charge in [-0.2, -0.15) is 0 Å². The number of nitrogens with zero attached hydrogens (tertiary/aromatic N) is 1. The van der Waals surface area contributed by atoms with E-state index in [0.717, 1.165) is 45.5 Å². The Kier molecular flexibility index (Phi) is 4.05. The third kappa shape index (κ3) is 2.57. The molecule has 0 aliphatic carbocycles. The van der Waals surface area contributed by atoms with Crippen LogP contribution in [-0.4, -0.2) is 16.3 Å². The van der Waals surface area contributed by atoms with Crippen molar-refractivity contribution in [2.75, 3.05) is 0 Å². The van der Waals surface area contributed by atoms with Crippen molar-refractivity contribution in [2.24, 2.45) is 0 Å². The van der Waals surface area contributed by atoms with Crippen LogP contribution >= 0.6 is 0 Å². The number of pyridine rings is 1. The second-order valence-electron chi connectivity index (χ2n) is 7.91. The van der Waals surface area contributed by atoms with E-state index in [1.54, 1.807) is 0 Å². The highest BCUT2D eigenvalue weighted by atomic mass is 16.6. The van der Waals surface area contributed by atoms with Crippen LogP contribution in [0.1, 0.15) is 38.8 Å². The number of benzene rings is 2. The summed E-state index contributed by atoms with van der Waals surface area (Å²) in [6, 6.07) is 23.7. The predicted octanol–water partition coefficient (Wildman–Crippen LogP) is 5.65. The van der Waals surface area contributed by atoms with Crippen LogP contribution in [0.15, 0.2) is 72.8 Å². The number of rotatable bonds is 5. The van der Waals surface area contributed by atoms with Gasteiger partial charge in [0, 0.05) is 5.56 Å². The van der Waals surface area contributed by atoms with E-state index in [4.69, 9.17) is 9.47 Å². The summed E-state index contributed by atoms with van der Waals surface area (Å²) in [6.07, 6.45) is 0.792. The molecule has 0 bridgehead atoms. The number of hydrogen-bond donors (Lipinski definition) is 0. The minimum absolute atomic E-state index is 0.363. The number of carbonyl (C=O) groups excluding carboxylic acids is 2. The third-order valence-electron chi connectivity index (χ3n) is 6.14. The summed E-state index contributed by atoms with van der Waals surface area (Å²) in [5.74, 6) is -0.380. The quantitative estimate of drug-likeness (QED) is 0.272. The largest absolute Gasteiger partial charge is 0.489 e. The lowest BCUT2D eigenvalue weighted by Gasteiger charge is -2.09. The number of cyclic esters (lactones) is 2. The molecule has 0 spiro atoms. The standard InChI is InChI=1S/C27H19NO4/c1-2-19-20-9-6-10-21-23-24(27(30)32-26(23)29)25(28(20)21)22(19)17-11-13-18(14-12-17)31-15-16-7-4-3-5-8-16/h3-14H,2,15H2,1H3. The van der Waals surface area contributed by atoms with E-state index >= 15 is 0 Å². The minimum atomic E-state index is -0.577. The highest BCUT2D eigenvalue weighted by Crippen LogP contribution is 2.43. The third-order valence-corrected chi connectivity index (χ3v) is 6.14. The van der Waals surface area contributed by atoms with Gasteiger partial charge in [-0.05, 0) is 47.4 Å². The Bertz CT molecular complexity index is 1500. The molecule has 6 rings (SSSR count). The van der Waals surface area contributed by atoms with Crippen LogP contribution in [0.5, 0.6) is 5.75 Å². The average Bonchev–Trinajstić information content (AvgIpc) is 3.44. The normalized spacial score (nSPS) is 13.2. The van der Waals surface area contributed by atoms with Gasteiger partial charge in [-0.1, -0.05) is 55.5 Å². The van der Waals surface area contributed by atoms with Crippen molar-refractivity contribution >= 4 is 28.5 Å². The second kappa shape index (κ2) is 6.95. The van der Waals surface area contributed by atoms with Gasteiger partial charge in [-0.3, -0.25) is 0 Å². The number of fused-ring (bicyclic) bond motifs is 3. The molecule has 0 amide bonds. The number of carbonyl (C=O) groups is 2.